The molecule has 0 aromatic rings. The van der Waals surface area contributed by atoms with Crippen LogP contribution in [0.4, 0.5) is 0 Å². The molecule has 0 bridgehead atoms. The van der Waals surface area contributed by atoms with Crippen molar-refractivity contribution in [3.8, 4) is 0 Å². The van der Waals surface area contributed by atoms with Crippen LogP contribution in [0.2, 0.25) is 0 Å². The van der Waals surface area contributed by atoms with E-state index in [1.807, 2.05) is 0 Å². The van der Waals surface area contributed by atoms with Crippen molar-refractivity contribution >= 4 is 0 Å². The molecule has 4 heteroatoms. The average Bonchev–Trinajstić information content (AvgIpc) is 3.08. The normalized spacial score (nSPS) is 12.1. The zero-order valence-corrected chi connectivity index (χ0v) is 33.2. The van der Waals surface area contributed by atoms with E-state index in [9.17, 15) is 0 Å². The van der Waals surface area contributed by atoms with Crippen LogP contribution in [-0.2, 0) is 0 Å². The Labute approximate surface area is 293 Å². The number of hydrogen-bond donors (Lipinski definition) is 0. The van der Waals surface area contributed by atoms with Gasteiger partial charge in [0.15, 0.2) is 0 Å². The zero-order valence-electron chi connectivity index (χ0n) is 33.2. The first-order valence-corrected chi connectivity index (χ1v) is 21.5. The van der Waals surface area contributed by atoms with Crippen LogP contribution in [0.25, 0.3) is 0 Å². The van der Waals surface area contributed by atoms with Crippen molar-refractivity contribution in [2.24, 2.45) is 0 Å². The molecule has 0 aromatic heterocycles. The minimum atomic E-state index is 1.21. The average molecular weight is 651 g/mol. The lowest BCUT2D eigenvalue weighted by atomic mass is 10.1. The summed E-state index contributed by atoms with van der Waals surface area (Å²) in [6.45, 7) is 29.1. The Balaban J connectivity index is 3.47. The second-order valence-corrected chi connectivity index (χ2v) is 14.4. The number of unbranched alkanes of at least 4 members (excludes halogenated alkanes) is 21. The fourth-order valence-electron chi connectivity index (χ4n) is 7.13. The highest BCUT2D eigenvalue weighted by Gasteiger charge is 2.05. The molecule has 0 fully saturated rings. The lowest BCUT2D eigenvalue weighted by Gasteiger charge is -2.20. The summed E-state index contributed by atoms with van der Waals surface area (Å²) in [6, 6.07) is 0. The molecule has 0 unspecified atom stereocenters. The first-order valence-electron chi connectivity index (χ1n) is 21.5. The summed E-state index contributed by atoms with van der Waals surface area (Å²) >= 11 is 0. The van der Waals surface area contributed by atoms with Gasteiger partial charge in [-0.2, -0.15) is 0 Å². The van der Waals surface area contributed by atoms with E-state index < -0.39 is 0 Å². The van der Waals surface area contributed by atoms with E-state index in [4.69, 9.17) is 0 Å². The Hall–Kier alpha value is -0.160. The summed E-state index contributed by atoms with van der Waals surface area (Å²) in [7, 11) is 0. The van der Waals surface area contributed by atoms with E-state index in [2.05, 4.69) is 61.1 Å². The van der Waals surface area contributed by atoms with Crippen molar-refractivity contribution < 1.29 is 0 Å². The fourth-order valence-corrected chi connectivity index (χ4v) is 7.13. The Morgan fingerprint density at radius 3 is 0.457 bits per heavy atom. The van der Waals surface area contributed by atoms with E-state index >= 15 is 0 Å². The fraction of sp³-hybridized carbons (Fsp3) is 1.00. The molecule has 0 radical (unpaired) electrons. The van der Waals surface area contributed by atoms with Gasteiger partial charge in [0.2, 0.25) is 0 Å². The van der Waals surface area contributed by atoms with Gasteiger partial charge in [-0.15, -0.1) is 0 Å². The summed E-state index contributed by atoms with van der Waals surface area (Å²) in [5.74, 6) is 0. The van der Waals surface area contributed by atoms with Crippen LogP contribution in [0.15, 0.2) is 0 Å². The largest absolute Gasteiger partial charge is 0.304 e. The summed E-state index contributed by atoms with van der Waals surface area (Å²) in [5, 5.41) is 0. The molecule has 46 heavy (non-hydrogen) atoms. The van der Waals surface area contributed by atoms with Crippen molar-refractivity contribution in [3.63, 3.8) is 0 Å². The minimum absolute atomic E-state index is 1.21. The quantitative estimate of drug-likeness (QED) is 0.0614. The van der Waals surface area contributed by atoms with Gasteiger partial charge in [0.1, 0.15) is 0 Å². The van der Waals surface area contributed by atoms with E-state index in [0.29, 0.717) is 0 Å². The highest BCUT2D eigenvalue weighted by Crippen LogP contribution is 2.13. The monoisotopic (exact) mass is 651 g/mol. The molecule has 0 N–H and O–H groups in total. The predicted octanol–water partition coefficient (Wildman–Crippen LogP) is 11.7. The molecule has 4 nitrogen and oxygen atoms in total. The maximum absolute atomic E-state index is 2.71. The van der Waals surface area contributed by atoms with Crippen LogP contribution < -0.4 is 0 Å². The van der Waals surface area contributed by atoms with Crippen LogP contribution in [0.3, 0.4) is 0 Å². The van der Waals surface area contributed by atoms with Gasteiger partial charge in [-0.25, -0.2) is 0 Å². The van der Waals surface area contributed by atoms with Crippen LogP contribution in [-0.4, -0.2) is 98.1 Å². The molecule has 0 rings (SSSR count). The van der Waals surface area contributed by atoms with Crippen molar-refractivity contribution in [2.45, 2.75) is 196 Å². The van der Waals surface area contributed by atoms with Crippen LogP contribution in [0.5, 0.6) is 0 Å². The van der Waals surface area contributed by atoms with E-state index in [1.165, 1.54) is 233 Å². The third-order valence-corrected chi connectivity index (χ3v) is 10.8. The van der Waals surface area contributed by atoms with Gasteiger partial charge in [0.25, 0.3) is 0 Å². The molecule has 0 amide bonds. The Bertz CT molecular complexity index is 500. The van der Waals surface area contributed by atoms with Gasteiger partial charge in [-0.3, -0.25) is 0 Å². The van der Waals surface area contributed by atoms with E-state index in [0.717, 1.165) is 0 Å². The van der Waals surface area contributed by atoms with Crippen molar-refractivity contribution in [2.75, 3.05) is 78.5 Å². The van der Waals surface area contributed by atoms with Gasteiger partial charge in [-0.05, 0) is 117 Å². The molecule has 0 aliphatic heterocycles. The highest BCUT2D eigenvalue weighted by molar-refractivity contribution is 4.60. The lowest BCUT2D eigenvalue weighted by Crippen LogP contribution is -2.25. The maximum atomic E-state index is 2.71. The van der Waals surface area contributed by atoms with Gasteiger partial charge < -0.3 is 19.6 Å². The summed E-state index contributed by atoms with van der Waals surface area (Å²) in [4.78, 5) is 10.5. The van der Waals surface area contributed by atoms with Crippen LogP contribution >= 0.6 is 0 Å². The van der Waals surface area contributed by atoms with E-state index in [-0.39, 0.29) is 0 Å². The maximum Gasteiger partial charge on any atom is -0.00189 e. The standard InChI is InChI=1S/C42H90N4/c1-7-43(8-2)37-31-25-19-13-15-21-27-33-39-45(11-5)41-35-29-23-17-18-24-30-36-42-46(12-6)40-34-28-22-16-14-20-26-32-38-44(9-3)10-4/h7-42H2,1-6H3. The van der Waals surface area contributed by atoms with E-state index in [1.54, 1.807) is 0 Å². The van der Waals surface area contributed by atoms with Crippen LogP contribution in [0.1, 0.15) is 196 Å². The SMILES string of the molecule is CCN(CC)CCCCCCCCCCN(CC)CCCCCCCCCCN(CC)CCCCCCCCCCN(CC)CC. The minimum Gasteiger partial charge on any atom is -0.304 e. The molecule has 0 aromatic carbocycles. The third-order valence-electron chi connectivity index (χ3n) is 10.8. The topological polar surface area (TPSA) is 13.0 Å². The predicted molar refractivity (Wildman–Crippen MR) is 211 cm³/mol. The van der Waals surface area contributed by atoms with Gasteiger partial charge >= 0.3 is 0 Å². The summed E-state index contributed by atoms with van der Waals surface area (Å²) < 4.78 is 0. The molecule has 0 heterocycles. The third kappa shape index (κ3) is 31.1. The summed E-state index contributed by atoms with van der Waals surface area (Å²) in [6.07, 6.45) is 34.4. The Kier molecular flexibility index (Phi) is 37.5. The number of nitrogens with zero attached hydrogens (tertiary/aromatic N) is 4. The molecular weight excluding hydrogens is 560 g/mol. The highest BCUT2D eigenvalue weighted by atomic mass is 15.1. The molecule has 0 aliphatic rings. The summed E-state index contributed by atoms with van der Waals surface area (Å²) in [5.41, 5.74) is 0. The molecular formula is C42H90N4. The first-order chi connectivity index (χ1) is 22.6. The molecule has 0 saturated carbocycles. The molecule has 0 saturated heterocycles. The number of rotatable bonds is 39. The van der Waals surface area contributed by atoms with Crippen molar-refractivity contribution in [3.05, 3.63) is 0 Å². The van der Waals surface area contributed by atoms with Crippen molar-refractivity contribution in [1.29, 1.82) is 0 Å². The molecule has 0 aliphatic carbocycles. The molecule has 278 valence electrons. The Morgan fingerprint density at radius 1 is 0.174 bits per heavy atom. The van der Waals surface area contributed by atoms with Crippen molar-refractivity contribution in [1.82, 2.24) is 19.6 Å². The van der Waals surface area contributed by atoms with Crippen LogP contribution in [0, 0.1) is 0 Å². The number of hydrogen-bond acceptors (Lipinski definition) is 4. The van der Waals surface area contributed by atoms with Gasteiger partial charge in [0, 0.05) is 0 Å². The van der Waals surface area contributed by atoms with Gasteiger partial charge in [0.05, 0.1) is 0 Å². The zero-order chi connectivity index (χ0) is 33.8. The Morgan fingerprint density at radius 2 is 0.304 bits per heavy atom. The molecule has 0 spiro atoms. The second-order valence-electron chi connectivity index (χ2n) is 14.4. The second kappa shape index (κ2) is 37.7. The molecule has 0 atom stereocenters. The first kappa shape index (κ1) is 45.8. The smallest absolute Gasteiger partial charge is 0.00189 e. The lowest BCUT2D eigenvalue weighted by molar-refractivity contribution is 0.271. The van der Waals surface area contributed by atoms with Gasteiger partial charge in [-0.1, -0.05) is 157 Å².